The smallest absolute Gasteiger partial charge is 0.119 e. The third-order valence-corrected chi connectivity index (χ3v) is 5.23. The number of phenolic OH excluding ortho intramolecular Hbond substituents is 1. The normalized spacial score (nSPS) is 15.5. The Morgan fingerprint density at radius 2 is 1.47 bits per heavy atom. The first-order valence-corrected chi connectivity index (χ1v) is 10.7. The molecule has 2 aromatic rings. The van der Waals surface area contributed by atoms with E-state index < -0.39 is 0 Å². The summed E-state index contributed by atoms with van der Waals surface area (Å²) in [5, 5.41) is 9.74. The first kappa shape index (κ1) is 22.4. The molecule has 1 fully saturated rings. The van der Waals surface area contributed by atoms with E-state index in [0.29, 0.717) is 0 Å². The lowest BCUT2D eigenvalue weighted by Gasteiger charge is -2.20. The van der Waals surface area contributed by atoms with Gasteiger partial charge in [0.25, 0.3) is 0 Å². The van der Waals surface area contributed by atoms with Crippen LogP contribution in [0, 0.1) is 31.6 Å². The quantitative estimate of drug-likeness (QED) is 0.515. The van der Waals surface area contributed by atoms with E-state index in [1.165, 1.54) is 17.1 Å². The second-order valence-corrected chi connectivity index (χ2v) is 7.81. The third kappa shape index (κ3) is 6.12. The van der Waals surface area contributed by atoms with Crippen molar-refractivity contribution in [2.75, 3.05) is 27.2 Å². The maximum atomic E-state index is 9.74. The van der Waals surface area contributed by atoms with E-state index in [1.54, 1.807) is 12.1 Å². The SMILES string of the molecule is CC/C([C]1[CH][CH][CH][CH]1)=C(\c1ccc(O)cc1)c1ccc(OCCCCN(C)C)cc1. The molecular weight excluding hydrogens is 370 g/mol. The summed E-state index contributed by atoms with van der Waals surface area (Å²) in [6.45, 7) is 4.01. The highest BCUT2D eigenvalue weighted by atomic mass is 16.5. The predicted molar refractivity (Wildman–Crippen MR) is 125 cm³/mol. The summed E-state index contributed by atoms with van der Waals surface area (Å²) in [5.41, 5.74) is 4.74. The first-order valence-electron chi connectivity index (χ1n) is 10.7. The Labute approximate surface area is 182 Å². The monoisotopic (exact) mass is 402 g/mol. The van der Waals surface area contributed by atoms with Gasteiger partial charge in [0.15, 0.2) is 0 Å². The molecule has 0 unspecified atom stereocenters. The zero-order valence-corrected chi connectivity index (χ0v) is 18.3. The Bertz CT molecular complexity index is 800. The van der Waals surface area contributed by atoms with Crippen molar-refractivity contribution in [2.45, 2.75) is 26.2 Å². The van der Waals surface area contributed by atoms with Gasteiger partial charge in [0.2, 0.25) is 0 Å². The highest BCUT2D eigenvalue weighted by molar-refractivity contribution is 5.85. The molecule has 0 heterocycles. The van der Waals surface area contributed by atoms with Gasteiger partial charge in [-0.2, -0.15) is 0 Å². The van der Waals surface area contributed by atoms with Crippen LogP contribution in [0.4, 0.5) is 0 Å². The summed E-state index contributed by atoms with van der Waals surface area (Å²) in [5.74, 6) is 2.42. The molecule has 157 valence electrons. The second-order valence-electron chi connectivity index (χ2n) is 7.81. The molecule has 0 aliphatic heterocycles. The predicted octanol–water partition coefficient (Wildman–Crippen LogP) is 5.73. The number of phenols is 1. The van der Waals surface area contributed by atoms with E-state index >= 15 is 0 Å². The standard InChI is InChI=1S/C27H32NO2/c1-4-26(21-9-5-6-10-21)27(22-11-15-24(29)16-12-22)23-13-17-25(18-14-23)30-20-8-7-19-28(2)3/h5-6,9-18,29H,4,7-8,19-20H2,1-3H3/b27-26-. The number of aromatic hydroxyl groups is 1. The summed E-state index contributed by atoms with van der Waals surface area (Å²) in [6.07, 6.45) is 11.6. The molecule has 1 aliphatic carbocycles. The Hall–Kier alpha value is -2.26. The molecule has 2 aromatic carbocycles. The summed E-state index contributed by atoms with van der Waals surface area (Å²) in [7, 11) is 4.19. The van der Waals surface area contributed by atoms with Gasteiger partial charge in [0.05, 0.1) is 6.61 Å². The van der Waals surface area contributed by atoms with Crippen molar-refractivity contribution in [3.05, 3.63) is 96.8 Å². The van der Waals surface area contributed by atoms with Crippen molar-refractivity contribution in [3.8, 4) is 11.5 Å². The lowest BCUT2D eigenvalue weighted by molar-refractivity contribution is 0.293. The number of benzene rings is 2. The molecular formula is C27H32NO2. The number of ether oxygens (including phenoxy) is 1. The van der Waals surface area contributed by atoms with Crippen molar-refractivity contribution in [3.63, 3.8) is 0 Å². The van der Waals surface area contributed by atoms with Crippen LogP contribution in [-0.4, -0.2) is 37.3 Å². The molecule has 3 nitrogen and oxygen atoms in total. The Morgan fingerprint density at radius 1 is 0.867 bits per heavy atom. The minimum Gasteiger partial charge on any atom is -0.508 e. The highest BCUT2D eigenvalue weighted by Gasteiger charge is 2.24. The molecule has 0 spiro atoms. The number of hydrogen-bond acceptors (Lipinski definition) is 3. The van der Waals surface area contributed by atoms with Gasteiger partial charge in [-0.15, -0.1) is 0 Å². The van der Waals surface area contributed by atoms with Gasteiger partial charge in [0, 0.05) is 5.92 Å². The number of nitrogens with zero attached hydrogens (tertiary/aromatic N) is 1. The lowest BCUT2D eigenvalue weighted by Crippen LogP contribution is -2.13. The van der Waals surface area contributed by atoms with Crippen LogP contribution < -0.4 is 4.74 Å². The fraction of sp³-hybridized carbons (Fsp3) is 0.296. The van der Waals surface area contributed by atoms with Gasteiger partial charge in [-0.3, -0.25) is 0 Å². The Kier molecular flexibility index (Phi) is 8.39. The molecule has 0 saturated heterocycles. The molecule has 0 amide bonds. The van der Waals surface area contributed by atoms with Crippen LogP contribution in [0.2, 0.25) is 0 Å². The fourth-order valence-corrected chi connectivity index (χ4v) is 3.68. The van der Waals surface area contributed by atoms with Gasteiger partial charge in [-0.05, 0) is 107 Å². The minimum absolute atomic E-state index is 0.280. The third-order valence-electron chi connectivity index (χ3n) is 5.23. The molecule has 30 heavy (non-hydrogen) atoms. The van der Waals surface area contributed by atoms with Gasteiger partial charge in [-0.25, -0.2) is 0 Å². The van der Waals surface area contributed by atoms with E-state index in [0.717, 1.165) is 49.3 Å². The van der Waals surface area contributed by atoms with E-state index in [9.17, 15) is 5.11 Å². The first-order chi connectivity index (χ1) is 14.6. The molecule has 1 aliphatic rings. The van der Waals surface area contributed by atoms with Gasteiger partial charge < -0.3 is 14.7 Å². The van der Waals surface area contributed by atoms with E-state index in [-0.39, 0.29) is 5.75 Å². The highest BCUT2D eigenvalue weighted by Crippen LogP contribution is 2.40. The van der Waals surface area contributed by atoms with Crippen LogP contribution in [0.15, 0.2) is 54.1 Å². The fourth-order valence-electron chi connectivity index (χ4n) is 3.68. The van der Waals surface area contributed by atoms with Crippen LogP contribution >= 0.6 is 0 Å². The van der Waals surface area contributed by atoms with Crippen molar-refractivity contribution in [2.24, 2.45) is 0 Å². The maximum Gasteiger partial charge on any atom is 0.119 e. The average molecular weight is 403 g/mol. The molecule has 5 radical (unpaired) electrons. The number of allylic oxidation sites excluding steroid dienone is 1. The van der Waals surface area contributed by atoms with E-state index in [2.05, 4.69) is 75.9 Å². The summed E-state index contributed by atoms with van der Waals surface area (Å²) >= 11 is 0. The van der Waals surface area contributed by atoms with E-state index in [4.69, 9.17) is 4.74 Å². The zero-order valence-electron chi connectivity index (χ0n) is 18.3. The lowest BCUT2D eigenvalue weighted by atomic mass is 9.84. The number of unbranched alkanes of at least 4 members (excludes halogenated alkanes) is 1. The number of hydrogen-bond donors (Lipinski definition) is 1. The summed E-state index contributed by atoms with van der Waals surface area (Å²) < 4.78 is 5.94. The van der Waals surface area contributed by atoms with Crippen molar-refractivity contribution < 1.29 is 9.84 Å². The zero-order chi connectivity index (χ0) is 21.3. The summed E-state index contributed by atoms with van der Waals surface area (Å²) in [6, 6.07) is 15.8. The van der Waals surface area contributed by atoms with Gasteiger partial charge in [-0.1, -0.05) is 36.8 Å². The average Bonchev–Trinajstić information content (AvgIpc) is 3.27. The van der Waals surface area contributed by atoms with Crippen LogP contribution in [0.1, 0.15) is 37.3 Å². The van der Waals surface area contributed by atoms with E-state index in [1.807, 2.05) is 12.1 Å². The van der Waals surface area contributed by atoms with Crippen molar-refractivity contribution in [1.82, 2.24) is 4.90 Å². The molecule has 3 rings (SSSR count). The molecule has 1 saturated carbocycles. The maximum absolute atomic E-state index is 9.74. The molecule has 0 bridgehead atoms. The summed E-state index contributed by atoms with van der Waals surface area (Å²) in [4.78, 5) is 2.20. The molecule has 1 N–H and O–H groups in total. The van der Waals surface area contributed by atoms with Crippen LogP contribution in [0.3, 0.4) is 0 Å². The molecule has 0 atom stereocenters. The van der Waals surface area contributed by atoms with Crippen LogP contribution in [-0.2, 0) is 0 Å². The van der Waals surface area contributed by atoms with Crippen molar-refractivity contribution in [1.29, 1.82) is 0 Å². The van der Waals surface area contributed by atoms with Crippen LogP contribution in [0.25, 0.3) is 5.57 Å². The number of rotatable bonds is 10. The minimum atomic E-state index is 0.280. The topological polar surface area (TPSA) is 32.7 Å². The van der Waals surface area contributed by atoms with Gasteiger partial charge in [0.1, 0.15) is 11.5 Å². The van der Waals surface area contributed by atoms with Gasteiger partial charge >= 0.3 is 0 Å². The second kappa shape index (κ2) is 11.2. The Balaban J connectivity index is 1.80. The van der Waals surface area contributed by atoms with Crippen LogP contribution in [0.5, 0.6) is 11.5 Å². The molecule has 3 heteroatoms. The van der Waals surface area contributed by atoms with Crippen molar-refractivity contribution >= 4 is 5.57 Å². The largest absolute Gasteiger partial charge is 0.508 e. The molecule has 0 aromatic heterocycles. The Morgan fingerprint density at radius 3 is 2.03 bits per heavy atom.